The number of piperidine rings is 1. The number of nitrogens with two attached hydrogens (primary N) is 1. The Morgan fingerprint density at radius 1 is 1.33 bits per heavy atom. The Bertz CT molecular complexity index is 837. The maximum Gasteiger partial charge on any atom is 0.410 e. The molecule has 2 aromatic rings. The molecule has 0 spiro atoms. The Morgan fingerprint density at radius 2 is 2.00 bits per heavy atom. The molecule has 1 fully saturated rings. The van der Waals surface area contributed by atoms with Gasteiger partial charge in [-0.05, 0) is 40.5 Å². The van der Waals surface area contributed by atoms with E-state index in [9.17, 15) is 4.79 Å². The molecule has 2 aromatic heterocycles. The number of hydrogen-bond donors (Lipinski definition) is 1. The van der Waals surface area contributed by atoms with Crippen LogP contribution in [-0.2, 0) is 4.74 Å². The molecule has 3 rings (SSSR count). The fourth-order valence-corrected chi connectivity index (χ4v) is 3.18. The Kier molecular flexibility index (Phi) is 5.12. The minimum Gasteiger partial charge on any atom is -0.444 e. The van der Waals surface area contributed by atoms with Gasteiger partial charge in [-0.2, -0.15) is 5.10 Å². The summed E-state index contributed by atoms with van der Waals surface area (Å²) in [5, 5.41) is 4.68. The van der Waals surface area contributed by atoms with Gasteiger partial charge in [0.15, 0.2) is 7.85 Å². The molecule has 0 bridgehead atoms. The highest BCUT2D eigenvalue weighted by atomic mass is 16.6. The Hall–Kier alpha value is -2.58. The third-order valence-corrected chi connectivity index (χ3v) is 4.67. The van der Waals surface area contributed by atoms with Crippen molar-refractivity contribution in [2.24, 2.45) is 0 Å². The van der Waals surface area contributed by atoms with E-state index in [4.69, 9.17) is 10.5 Å². The number of carbonyl (C=O) groups excluding carboxylic acids is 1. The van der Waals surface area contributed by atoms with E-state index in [1.807, 2.05) is 46.4 Å². The lowest BCUT2D eigenvalue weighted by atomic mass is 10.0. The highest BCUT2D eigenvalue weighted by molar-refractivity contribution is 6.33. The predicted octanol–water partition coefficient (Wildman–Crippen LogP) is 1.06. The summed E-state index contributed by atoms with van der Waals surface area (Å²) >= 11 is 0. The number of anilines is 1. The van der Waals surface area contributed by atoms with Crippen LogP contribution >= 0.6 is 0 Å². The molecule has 0 atom stereocenters. The van der Waals surface area contributed by atoms with E-state index in [-0.39, 0.29) is 12.1 Å². The van der Waals surface area contributed by atoms with Crippen molar-refractivity contribution in [2.45, 2.75) is 52.2 Å². The first-order valence-corrected chi connectivity index (χ1v) is 9.27. The van der Waals surface area contributed by atoms with E-state index in [0.29, 0.717) is 24.5 Å². The van der Waals surface area contributed by atoms with Crippen molar-refractivity contribution in [3.8, 4) is 11.3 Å². The van der Waals surface area contributed by atoms with Gasteiger partial charge in [0.2, 0.25) is 0 Å². The van der Waals surface area contributed by atoms with Crippen molar-refractivity contribution >= 4 is 25.4 Å². The molecular formula is C18H27BN6O2. The molecule has 8 nitrogen and oxygen atoms in total. The molecule has 27 heavy (non-hydrogen) atoms. The van der Waals surface area contributed by atoms with Gasteiger partial charge in [0, 0.05) is 30.4 Å². The van der Waals surface area contributed by atoms with Gasteiger partial charge in [0.05, 0.1) is 23.6 Å². The summed E-state index contributed by atoms with van der Waals surface area (Å²) in [4.78, 5) is 22.7. The number of likely N-dealkylation sites (tertiary alicyclic amines) is 1. The van der Waals surface area contributed by atoms with Crippen LogP contribution in [0.2, 0.25) is 0 Å². The number of nitrogens with zero attached hydrogens (tertiary/aromatic N) is 5. The van der Waals surface area contributed by atoms with Crippen LogP contribution in [0.4, 0.5) is 10.6 Å². The minimum atomic E-state index is -0.472. The summed E-state index contributed by atoms with van der Waals surface area (Å²) in [6.07, 6.45) is 5.13. The topological polar surface area (TPSA) is 99.2 Å². The lowest BCUT2D eigenvalue weighted by molar-refractivity contribution is 0.0184. The molecule has 1 saturated heterocycles. The fourth-order valence-electron chi connectivity index (χ4n) is 3.18. The molecule has 1 amide bonds. The standard InChI is InChI=1S/C18H27BN6O2/c1-11-13(14-9-21-16(20)15(19)22-14)10-25(23-11)12-5-7-24(8-6-12)17(26)27-18(2,3)4/h9-10,12H,5-8,19H2,1-4H3,(H2,20,21). The monoisotopic (exact) mass is 370 g/mol. The normalized spacial score (nSPS) is 15.8. The summed E-state index contributed by atoms with van der Waals surface area (Å²) in [5.41, 5.74) is 8.65. The Labute approximate surface area is 160 Å². The second kappa shape index (κ2) is 7.21. The Morgan fingerprint density at radius 3 is 2.59 bits per heavy atom. The zero-order valence-electron chi connectivity index (χ0n) is 16.7. The van der Waals surface area contributed by atoms with Crippen LogP contribution in [0.25, 0.3) is 11.3 Å². The summed E-state index contributed by atoms with van der Waals surface area (Å²) in [7, 11) is 1.85. The third kappa shape index (κ3) is 4.40. The SMILES string of the molecule is Bc1nc(-c2cn(C3CCN(C(=O)OC(C)(C)C)CC3)nc2C)cnc1N. The lowest BCUT2D eigenvalue weighted by Crippen LogP contribution is -2.42. The first-order valence-electron chi connectivity index (χ1n) is 9.27. The van der Waals surface area contributed by atoms with Gasteiger partial charge in [-0.3, -0.25) is 9.67 Å². The fraction of sp³-hybridized carbons (Fsp3) is 0.556. The van der Waals surface area contributed by atoms with Crippen molar-refractivity contribution in [2.75, 3.05) is 18.8 Å². The summed E-state index contributed by atoms with van der Waals surface area (Å²) in [5.74, 6) is 0.443. The molecule has 0 aromatic carbocycles. The third-order valence-electron chi connectivity index (χ3n) is 4.67. The molecule has 3 heterocycles. The van der Waals surface area contributed by atoms with Gasteiger partial charge < -0.3 is 15.4 Å². The molecule has 9 heteroatoms. The molecule has 0 saturated carbocycles. The van der Waals surface area contributed by atoms with Gasteiger partial charge in [-0.15, -0.1) is 0 Å². The van der Waals surface area contributed by atoms with Gasteiger partial charge >= 0.3 is 6.09 Å². The highest BCUT2D eigenvalue weighted by Gasteiger charge is 2.28. The second-order valence-corrected chi connectivity index (χ2v) is 8.03. The Balaban J connectivity index is 1.69. The van der Waals surface area contributed by atoms with E-state index in [1.165, 1.54) is 0 Å². The van der Waals surface area contributed by atoms with E-state index in [0.717, 1.165) is 29.8 Å². The summed E-state index contributed by atoms with van der Waals surface area (Å²) in [6.45, 7) is 8.94. The maximum atomic E-state index is 12.2. The van der Waals surface area contributed by atoms with Crippen LogP contribution < -0.4 is 11.3 Å². The summed E-state index contributed by atoms with van der Waals surface area (Å²) < 4.78 is 7.45. The van der Waals surface area contributed by atoms with Gasteiger partial charge in [0.1, 0.15) is 11.4 Å². The largest absolute Gasteiger partial charge is 0.444 e. The lowest BCUT2D eigenvalue weighted by Gasteiger charge is -2.33. The first-order chi connectivity index (χ1) is 12.6. The maximum absolute atomic E-state index is 12.2. The number of ether oxygens (including phenoxy) is 1. The smallest absolute Gasteiger partial charge is 0.410 e. The van der Waals surface area contributed by atoms with E-state index < -0.39 is 5.60 Å². The number of rotatable bonds is 2. The number of amides is 1. The van der Waals surface area contributed by atoms with Crippen molar-refractivity contribution < 1.29 is 9.53 Å². The number of carbonyl (C=O) groups is 1. The number of nitrogen functional groups attached to an aromatic ring is 1. The predicted molar refractivity (Wildman–Crippen MR) is 107 cm³/mol. The van der Waals surface area contributed by atoms with Crippen molar-refractivity contribution in [3.05, 3.63) is 18.1 Å². The molecule has 1 aliphatic heterocycles. The van der Waals surface area contributed by atoms with Gasteiger partial charge in [0.25, 0.3) is 0 Å². The number of hydrogen-bond acceptors (Lipinski definition) is 6. The average Bonchev–Trinajstić information content (AvgIpc) is 2.98. The van der Waals surface area contributed by atoms with Gasteiger partial charge in [-0.25, -0.2) is 9.78 Å². The van der Waals surface area contributed by atoms with Crippen LogP contribution in [0.15, 0.2) is 12.4 Å². The first kappa shape index (κ1) is 19.2. The van der Waals surface area contributed by atoms with Crippen LogP contribution in [0.3, 0.4) is 0 Å². The zero-order valence-corrected chi connectivity index (χ0v) is 16.7. The second-order valence-electron chi connectivity index (χ2n) is 8.03. The molecular weight excluding hydrogens is 343 g/mol. The quantitative estimate of drug-likeness (QED) is 0.794. The van der Waals surface area contributed by atoms with Gasteiger partial charge in [-0.1, -0.05) is 0 Å². The van der Waals surface area contributed by atoms with Crippen LogP contribution in [0.5, 0.6) is 0 Å². The molecule has 144 valence electrons. The van der Waals surface area contributed by atoms with E-state index in [1.54, 1.807) is 11.1 Å². The number of aromatic nitrogens is 4. The molecule has 2 N–H and O–H groups in total. The average molecular weight is 370 g/mol. The molecule has 0 radical (unpaired) electrons. The zero-order chi connectivity index (χ0) is 19.8. The molecule has 0 unspecified atom stereocenters. The molecule has 1 aliphatic rings. The van der Waals surface area contributed by atoms with Crippen molar-refractivity contribution in [3.63, 3.8) is 0 Å². The van der Waals surface area contributed by atoms with Crippen LogP contribution in [-0.4, -0.2) is 57.3 Å². The van der Waals surface area contributed by atoms with Crippen molar-refractivity contribution in [1.82, 2.24) is 24.6 Å². The summed E-state index contributed by atoms with van der Waals surface area (Å²) in [6, 6.07) is 0.249. The van der Waals surface area contributed by atoms with E-state index in [2.05, 4.69) is 15.1 Å². The number of aryl methyl sites for hydroxylation is 1. The van der Waals surface area contributed by atoms with Crippen LogP contribution in [0.1, 0.15) is 45.3 Å². The van der Waals surface area contributed by atoms with E-state index >= 15 is 0 Å². The minimum absolute atomic E-state index is 0.245. The molecule has 0 aliphatic carbocycles. The highest BCUT2D eigenvalue weighted by Crippen LogP contribution is 2.27. The van der Waals surface area contributed by atoms with Crippen LogP contribution in [0, 0.1) is 6.92 Å². The van der Waals surface area contributed by atoms with Crippen molar-refractivity contribution in [1.29, 1.82) is 0 Å².